The standard InChI is InChI=1S/C11H16N2O.ClH/c1-3-13-11(14)10-6-4-9(5-7-10)8(2)12;/h4-8H,3,12H2,1-2H3,(H,13,14);1H. The van der Waals surface area contributed by atoms with E-state index in [1.807, 2.05) is 26.0 Å². The topological polar surface area (TPSA) is 55.1 Å². The molecule has 1 unspecified atom stereocenters. The third-order valence-corrected chi connectivity index (χ3v) is 2.04. The first-order valence-corrected chi connectivity index (χ1v) is 4.79. The van der Waals surface area contributed by atoms with Crippen molar-refractivity contribution in [1.29, 1.82) is 0 Å². The molecule has 1 atom stereocenters. The molecule has 0 heterocycles. The van der Waals surface area contributed by atoms with Gasteiger partial charge < -0.3 is 11.1 Å². The largest absolute Gasteiger partial charge is 0.352 e. The molecule has 0 saturated heterocycles. The van der Waals surface area contributed by atoms with Gasteiger partial charge in [-0.2, -0.15) is 0 Å². The Bertz CT molecular complexity index is 309. The van der Waals surface area contributed by atoms with E-state index in [2.05, 4.69) is 5.32 Å². The minimum Gasteiger partial charge on any atom is -0.352 e. The highest BCUT2D eigenvalue weighted by Crippen LogP contribution is 2.10. The van der Waals surface area contributed by atoms with Crippen molar-refractivity contribution in [2.45, 2.75) is 19.9 Å². The molecule has 0 aliphatic heterocycles. The van der Waals surface area contributed by atoms with E-state index in [9.17, 15) is 4.79 Å². The summed E-state index contributed by atoms with van der Waals surface area (Å²) in [6.45, 7) is 4.46. The Morgan fingerprint density at radius 3 is 2.33 bits per heavy atom. The molecule has 3 N–H and O–H groups in total. The summed E-state index contributed by atoms with van der Waals surface area (Å²) in [7, 11) is 0. The summed E-state index contributed by atoms with van der Waals surface area (Å²) in [5, 5.41) is 2.74. The zero-order valence-electron chi connectivity index (χ0n) is 8.99. The van der Waals surface area contributed by atoms with Crippen LogP contribution in [0, 0.1) is 0 Å². The van der Waals surface area contributed by atoms with Crippen LogP contribution in [0.2, 0.25) is 0 Å². The van der Waals surface area contributed by atoms with Crippen molar-refractivity contribution in [2.24, 2.45) is 5.73 Å². The quantitative estimate of drug-likeness (QED) is 0.830. The van der Waals surface area contributed by atoms with E-state index in [0.717, 1.165) is 5.56 Å². The van der Waals surface area contributed by atoms with Gasteiger partial charge in [0.2, 0.25) is 0 Å². The fraction of sp³-hybridized carbons (Fsp3) is 0.364. The van der Waals surface area contributed by atoms with Crippen molar-refractivity contribution in [3.05, 3.63) is 35.4 Å². The Hall–Kier alpha value is -1.06. The summed E-state index contributed by atoms with van der Waals surface area (Å²) in [5.41, 5.74) is 7.41. The van der Waals surface area contributed by atoms with Crippen LogP contribution in [-0.2, 0) is 0 Å². The SMILES string of the molecule is CCNC(=O)c1ccc(C(C)N)cc1.Cl. The lowest BCUT2D eigenvalue weighted by Crippen LogP contribution is -2.22. The molecule has 3 nitrogen and oxygen atoms in total. The fourth-order valence-electron chi connectivity index (χ4n) is 1.20. The number of nitrogens with two attached hydrogens (primary N) is 1. The molecule has 0 radical (unpaired) electrons. The molecular formula is C11H17ClN2O. The summed E-state index contributed by atoms with van der Waals surface area (Å²) in [6.07, 6.45) is 0. The Kier molecular flexibility index (Phi) is 5.97. The Labute approximate surface area is 96.5 Å². The first kappa shape index (κ1) is 13.9. The molecule has 1 amide bonds. The molecule has 0 aromatic heterocycles. The number of halogens is 1. The molecule has 84 valence electrons. The number of nitrogens with one attached hydrogen (secondary N) is 1. The van der Waals surface area contributed by atoms with Gasteiger partial charge in [-0.3, -0.25) is 4.79 Å². The Balaban J connectivity index is 0.00000196. The van der Waals surface area contributed by atoms with Crippen molar-refractivity contribution < 1.29 is 4.79 Å². The molecule has 0 aliphatic carbocycles. The highest BCUT2D eigenvalue weighted by molar-refractivity contribution is 5.94. The van der Waals surface area contributed by atoms with Crippen molar-refractivity contribution in [3.63, 3.8) is 0 Å². The van der Waals surface area contributed by atoms with Crippen LogP contribution in [0.4, 0.5) is 0 Å². The van der Waals surface area contributed by atoms with Gasteiger partial charge in [0.1, 0.15) is 0 Å². The molecule has 1 aromatic rings. The van der Waals surface area contributed by atoms with Gasteiger partial charge in [0.25, 0.3) is 5.91 Å². The first-order valence-electron chi connectivity index (χ1n) is 4.79. The third kappa shape index (κ3) is 3.90. The lowest BCUT2D eigenvalue weighted by Gasteiger charge is -2.06. The van der Waals surface area contributed by atoms with Crippen LogP contribution in [0.5, 0.6) is 0 Å². The molecule has 1 aromatic carbocycles. The van der Waals surface area contributed by atoms with Gasteiger partial charge in [-0.15, -0.1) is 12.4 Å². The molecule has 0 aliphatic rings. The Morgan fingerprint density at radius 2 is 1.93 bits per heavy atom. The van der Waals surface area contributed by atoms with E-state index in [-0.39, 0.29) is 24.4 Å². The second-order valence-corrected chi connectivity index (χ2v) is 3.27. The molecule has 15 heavy (non-hydrogen) atoms. The molecule has 1 rings (SSSR count). The number of carbonyl (C=O) groups excluding carboxylic acids is 1. The van der Waals surface area contributed by atoms with Gasteiger partial charge in [0.15, 0.2) is 0 Å². The van der Waals surface area contributed by atoms with Gasteiger partial charge in [-0.05, 0) is 31.5 Å². The first-order chi connectivity index (χ1) is 6.65. The van der Waals surface area contributed by atoms with Gasteiger partial charge in [-0.25, -0.2) is 0 Å². The zero-order valence-corrected chi connectivity index (χ0v) is 9.80. The average molecular weight is 229 g/mol. The van der Waals surface area contributed by atoms with E-state index < -0.39 is 0 Å². The summed E-state index contributed by atoms with van der Waals surface area (Å²) < 4.78 is 0. The maximum atomic E-state index is 11.4. The van der Waals surface area contributed by atoms with Crippen LogP contribution >= 0.6 is 12.4 Å². The highest BCUT2D eigenvalue weighted by atomic mass is 35.5. The van der Waals surface area contributed by atoms with Crippen LogP contribution in [0.3, 0.4) is 0 Å². The molecule has 0 fully saturated rings. The van der Waals surface area contributed by atoms with Crippen molar-refractivity contribution in [1.82, 2.24) is 5.32 Å². The van der Waals surface area contributed by atoms with Crippen LogP contribution in [0.1, 0.15) is 35.8 Å². The Morgan fingerprint density at radius 1 is 1.40 bits per heavy atom. The predicted octanol–water partition coefficient (Wildman–Crippen LogP) is 1.88. The van der Waals surface area contributed by atoms with Crippen LogP contribution in [-0.4, -0.2) is 12.5 Å². The summed E-state index contributed by atoms with van der Waals surface area (Å²) in [4.78, 5) is 11.4. The predicted molar refractivity (Wildman–Crippen MR) is 64.3 cm³/mol. The van der Waals surface area contributed by atoms with Gasteiger partial charge in [0.05, 0.1) is 0 Å². The smallest absolute Gasteiger partial charge is 0.251 e. The van der Waals surface area contributed by atoms with E-state index in [1.165, 1.54) is 0 Å². The third-order valence-electron chi connectivity index (χ3n) is 2.04. The summed E-state index contributed by atoms with van der Waals surface area (Å²) >= 11 is 0. The molecule has 0 bridgehead atoms. The monoisotopic (exact) mass is 228 g/mol. The lowest BCUT2D eigenvalue weighted by molar-refractivity contribution is 0.0956. The maximum absolute atomic E-state index is 11.4. The number of hydrogen-bond acceptors (Lipinski definition) is 2. The molecule has 0 spiro atoms. The van der Waals surface area contributed by atoms with Crippen LogP contribution in [0.15, 0.2) is 24.3 Å². The average Bonchev–Trinajstić information content (AvgIpc) is 2.18. The maximum Gasteiger partial charge on any atom is 0.251 e. The van der Waals surface area contributed by atoms with E-state index in [0.29, 0.717) is 12.1 Å². The highest BCUT2D eigenvalue weighted by Gasteiger charge is 2.04. The van der Waals surface area contributed by atoms with Crippen molar-refractivity contribution in [2.75, 3.05) is 6.54 Å². The van der Waals surface area contributed by atoms with Gasteiger partial charge in [-0.1, -0.05) is 12.1 Å². The summed E-state index contributed by atoms with van der Waals surface area (Å²) in [5.74, 6) is -0.0382. The van der Waals surface area contributed by atoms with Gasteiger partial charge in [0, 0.05) is 18.2 Å². The number of amides is 1. The van der Waals surface area contributed by atoms with Gasteiger partial charge >= 0.3 is 0 Å². The van der Waals surface area contributed by atoms with Crippen LogP contribution < -0.4 is 11.1 Å². The fourth-order valence-corrected chi connectivity index (χ4v) is 1.20. The number of hydrogen-bond donors (Lipinski definition) is 2. The van der Waals surface area contributed by atoms with E-state index in [4.69, 9.17) is 5.73 Å². The molecule has 0 saturated carbocycles. The normalized spacial score (nSPS) is 11.4. The second-order valence-electron chi connectivity index (χ2n) is 3.27. The lowest BCUT2D eigenvalue weighted by atomic mass is 10.1. The number of benzene rings is 1. The number of rotatable bonds is 3. The van der Waals surface area contributed by atoms with Crippen molar-refractivity contribution >= 4 is 18.3 Å². The summed E-state index contributed by atoms with van der Waals surface area (Å²) in [6, 6.07) is 7.37. The van der Waals surface area contributed by atoms with Crippen LogP contribution in [0.25, 0.3) is 0 Å². The minimum atomic E-state index is -0.0382. The number of carbonyl (C=O) groups is 1. The second kappa shape index (κ2) is 6.43. The molecular weight excluding hydrogens is 212 g/mol. The minimum absolute atomic E-state index is 0. The van der Waals surface area contributed by atoms with E-state index >= 15 is 0 Å². The molecule has 4 heteroatoms. The van der Waals surface area contributed by atoms with E-state index in [1.54, 1.807) is 12.1 Å². The zero-order chi connectivity index (χ0) is 10.6. The van der Waals surface area contributed by atoms with Crippen molar-refractivity contribution in [3.8, 4) is 0 Å².